The van der Waals surface area contributed by atoms with E-state index in [1.54, 1.807) is 16.8 Å². The van der Waals surface area contributed by atoms with Gasteiger partial charge in [-0.15, -0.1) is 0 Å². The summed E-state index contributed by atoms with van der Waals surface area (Å²) in [6.07, 6.45) is 0. The first-order chi connectivity index (χ1) is 10.6. The van der Waals surface area contributed by atoms with E-state index in [-0.39, 0.29) is 17.6 Å². The molecule has 114 valence electrons. The molecule has 2 heterocycles. The molecule has 0 saturated carbocycles. The number of nitrogens with one attached hydrogen (secondary N) is 1. The van der Waals surface area contributed by atoms with Gasteiger partial charge in [0.25, 0.3) is 0 Å². The van der Waals surface area contributed by atoms with E-state index in [1.165, 1.54) is 6.07 Å². The summed E-state index contributed by atoms with van der Waals surface area (Å²) < 4.78 is 0. The van der Waals surface area contributed by atoms with Crippen molar-refractivity contribution in [2.45, 2.75) is 5.92 Å². The van der Waals surface area contributed by atoms with Gasteiger partial charge < -0.3 is 10.0 Å². The first kappa shape index (κ1) is 14.1. The number of carboxylic acid groups (broad SMARTS) is 1. The van der Waals surface area contributed by atoms with Crippen LogP contribution in [0.3, 0.4) is 0 Å². The second-order valence-electron chi connectivity index (χ2n) is 5.29. The largest absolute Gasteiger partial charge is 0.476 e. The number of urea groups is 1. The van der Waals surface area contributed by atoms with Crippen LogP contribution in [0.1, 0.15) is 22.1 Å². The number of benzene rings is 1. The molecule has 2 aromatic rings. The van der Waals surface area contributed by atoms with Crippen molar-refractivity contribution in [3.8, 4) is 0 Å². The number of carbonyl (C=O) groups is 2. The van der Waals surface area contributed by atoms with E-state index in [0.29, 0.717) is 13.1 Å². The molecule has 2 amide bonds. The highest BCUT2D eigenvalue weighted by Crippen LogP contribution is 2.27. The lowest BCUT2D eigenvalue weighted by Crippen LogP contribution is -2.53. The molecule has 7 nitrogen and oxygen atoms in total. The molecule has 22 heavy (non-hydrogen) atoms. The van der Waals surface area contributed by atoms with Crippen molar-refractivity contribution in [1.82, 2.24) is 15.1 Å². The fraction of sp³-hybridized carbons (Fsp3) is 0.267. The Morgan fingerprint density at radius 2 is 2.00 bits per heavy atom. The minimum atomic E-state index is -1.06. The standard InChI is InChI=1S/C15H16N4O3/c1-18(11-5-3-2-4-6-11)15(22)19-8-10(9-19)12-7-13(14(20)21)17-16-12/h2-7,10H,8-9H2,1H3,(H,16,17)(H,20,21). The number of nitrogens with zero attached hydrogens (tertiary/aromatic N) is 3. The van der Waals surface area contributed by atoms with Crippen LogP contribution in [0.5, 0.6) is 0 Å². The van der Waals surface area contributed by atoms with Crippen LogP contribution in [0.2, 0.25) is 0 Å². The highest BCUT2D eigenvalue weighted by atomic mass is 16.4. The minimum Gasteiger partial charge on any atom is -0.476 e. The number of para-hydroxylation sites is 1. The van der Waals surface area contributed by atoms with Crippen molar-refractivity contribution in [2.24, 2.45) is 0 Å². The summed E-state index contributed by atoms with van der Waals surface area (Å²) in [4.78, 5) is 26.5. The number of rotatable bonds is 3. The summed E-state index contributed by atoms with van der Waals surface area (Å²) in [6, 6.07) is 10.9. The van der Waals surface area contributed by atoms with E-state index in [2.05, 4.69) is 10.2 Å². The van der Waals surface area contributed by atoms with Crippen molar-refractivity contribution in [2.75, 3.05) is 25.0 Å². The number of amides is 2. The second kappa shape index (κ2) is 5.51. The number of hydrogen-bond donors (Lipinski definition) is 2. The first-order valence-electron chi connectivity index (χ1n) is 6.92. The molecule has 0 unspecified atom stereocenters. The average molecular weight is 300 g/mol. The van der Waals surface area contributed by atoms with Crippen molar-refractivity contribution in [1.29, 1.82) is 0 Å². The normalized spacial score (nSPS) is 14.5. The summed E-state index contributed by atoms with van der Waals surface area (Å²) in [7, 11) is 1.74. The maximum absolute atomic E-state index is 12.3. The van der Waals surface area contributed by atoms with Gasteiger partial charge in [-0.1, -0.05) is 18.2 Å². The molecule has 1 aliphatic heterocycles. The van der Waals surface area contributed by atoms with Crippen molar-refractivity contribution >= 4 is 17.7 Å². The number of anilines is 1. The zero-order chi connectivity index (χ0) is 15.7. The number of carboxylic acids is 1. The maximum atomic E-state index is 12.3. The molecular weight excluding hydrogens is 284 g/mol. The third-order valence-corrected chi connectivity index (χ3v) is 3.84. The molecule has 0 spiro atoms. The Bertz CT molecular complexity index is 692. The van der Waals surface area contributed by atoms with E-state index in [1.807, 2.05) is 30.3 Å². The summed E-state index contributed by atoms with van der Waals surface area (Å²) in [6.45, 7) is 1.11. The number of aromatic amines is 1. The lowest BCUT2D eigenvalue weighted by atomic mass is 9.96. The Morgan fingerprint density at radius 1 is 1.32 bits per heavy atom. The van der Waals surface area contributed by atoms with E-state index in [0.717, 1.165) is 11.4 Å². The number of carbonyl (C=O) groups excluding carboxylic acids is 1. The molecule has 1 aromatic carbocycles. The zero-order valence-electron chi connectivity index (χ0n) is 12.1. The number of hydrogen-bond acceptors (Lipinski definition) is 3. The van der Waals surface area contributed by atoms with Crippen LogP contribution in [-0.2, 0) is 0 Å². The predicted octanol–water partition coefficient (Wildman–Crippen LogP) is 1.76. The molecule has 1 aromatic heterocycles. The number of aromatic nitrogens is 2. The van der Waals surface area contributed by atoms with Crippen LogP contribution in [-0.4, -0.2) is 52.3 Å². The number of H-pyrrole nitrogens is 1. The third kappa shape index (κ3) is 2.52. The Balaban J connectivity index is 1.60. The van der Waals surface area contributed by atoms with Gasteiger partial charge in [0.05, 0.1) is 0 Å². The van der Waals surface area contributed by atoms with Gasteiger partial charge in [0.15, 0.2) is 5.69 Å². The molecule has 3 rings (SSSR count). The molecule has 1 saturated heterocycles. The van der Waals surface area contributed by atoms with E-state index < -0.39 is 5.97 Å². The Kier molecular flexibility index (Phi) is 3.54. The van der Waals surface area contributed by atoms with Crippen molar-refractivity contribution < 1.29 is 14.7 Å². The van der Waals surface area contributed by atoms with Crippen LogP contribution >= 0.6 is 0 Å². The molecular formula is C15H16N4O3. The molecule has 1 aliphatic rings. The van der Waals surface area contributed by atoms with Gasteiger partial charge in [0.2, 0.25) is 0 Å². The van der Waals surface area contributed by atoms with Gasteiger partial charge >= 0.3 is 12.0 Å². The minimum absolute atomic E-state index is 0.00109. The SMILES string of the molecule is CN(C(=O)N1CC(c2cc(C(=O)O)n[nH]2)C1)c1ccccc1. The Hall–Kier alpha value is -2.83. The van der Waals surface area contributed by atoms with Gasteiger partial charge in [-0.3, -0.25) is 10.00 Å². The van der Waals surface area contributed by atoms with Crippen molar-refractivity contribution in [3.63, 3.8) is 0 Å². The molecule has 2 N–H and O–H groups in total. The summed E-state index contributed by atoms with van der Waals surface area (Å²) in [5.41, 5.74) is 1.59. The quantitative estimate of drug-likeness (QED) is 0.904. The van der Waals surface area contributed by atoms with Crippen LogP contribution in [0, 0.1) is 0 Å². The molecule has 1 fully saturated rings. The summed E-state index contributed by atoms with van der Waals surface area (Å²) >= 11 is 0. The Morgan fingerprint density at radius 3 is 2.59 bits per heavy atom. The highest BCUT2D eigenvalue weighted by Gasteiger charge is 2.35. The first-order valence-corrected chi connectivity index (χ1v) is 6.92. The monoisotopic (exact) mass is 300 g/mol. The molecule has 0 bridgehead atoms. The van der Waals surface area contributed by atoms with Gasteiger partial charge in [-0.25, -0.2) is 9.59 Å². The van der Waals surface area contributed by atoms with Gasteiger partial charge in [0, 0.05) is 37.4 Å². The van der Waals surface area contributed by atoms with Gasteiger partial charge in [-0.05, 0) is 18.2 Å². The van der Waals surface area contributed by atoms with Crippen molar-refractivity contribution in [3.05, 3.63) is 47.8 Å². The Labute approximate surface area is 127 Å². The third-order valence-electron chi connectivity index (χ3n) is 3.84. The molecule has 0 radical (unpaired) electrons. The fourth-order valence-electron chi connectivity index (χ4n) is 2.46. The van der Waals surface area contributed by atoms with Crippen LogP contribution in [0.4, 0.5) is 10.5 Å². The molecule has 7 heteroatoms. The number of likely N-dealkylation sites (tertiary alicyclic amines) is 1. The van der Waals surface area contributed by atoms with Crippen LogP contribution in [0.15, 0.2) is 36.4 Å². The van der Waals surface area contributed by atoms with Crippen LogP contribution in [0.25, 0.3) is 0 Å². The van der Waals surface area contributed by atoms with E-state index in [9.17, 15) is 9.59 Å². The lowest BCUT2D eigenvalue weighted by molar-refractivity contribution is 0.0690. The predicted molar refractivity (Wildman–Crippen MR) is 80.1 cm³/mol. The molecule has 0 aliphatic carbocycles. The smallest absolute Gasteiger partial charge is 0.356 e. The average Bonchev–Trinajstić information content (AvgIpc) is 2.95. The molecule has 0 atom stereocenters. The lowest BCUT2D eigenvalue weighted by Gasteiger charge is -2.40. The highest BCUT2D eigenvalue weighted by molar-refractivity contribution is 5.92. The summed E-state index contributed by atoms with van der Waals surface area (Å²) in [5.74, 6) is -0.952. The summed E-state index contributed by atoms with van der Waals surface area (Å²) in [5, 5.41) is 15.3. The van der Waals surface area contributed by atoms with Crippen LogP contribution < -0.4 is 4.90 Å². The fourth-order valence-corrected chi connectivity index (χ4v) is 2.46. The topological polar surface area (TPSA) is 89.5 Å². The zero-order valence-corrected chi connectivity index (χ0v) is 12.1. The second-order valence-corrected chi connectivity index (χ2v) is 5.29. The van der Waals surface area contributed by atoms with E-state index in [4.69, 9.17) is 5.11 Å². The van der Waals surface area contributed by atoms with E-state index >= 15 is 0 Å². The van der Waals surface area contributed by atoms with Gasteiger partial charge in [-0.2, -0.15) is 5.10 Å². The van der Waals surface area contributed by atoms with Gasteiger partial charge in [0.1, 0.15) is 0 Å². The maximum Gasteiger partial charge on any atom is 0.356 e. The number of aromatic carboxylic acids is 1.